The number of anilines is 7. The predicted molar refractivity (Wildman–Crippen MR) is 459 cm³/mol. The van der Waals surface area contributed by atoms with Crippen LogP contribution in [-0.4, -0.2) is 154 Å². The Bertz CT molecular complexity index is 4650. The van der Waals surface area contributed by atoms with Crippen LogP contribution < -0.4 is 55.0 Å². The van der Waals surface area contributed by atoms with Crippen LogP contribution in [-0.2, 0) is 7.05 Å². The molecule has 2 fully saturated rings. The topological polar surface area (TPSA) is 327 Å². The molecule has 0 saturated heterocycles. The molecule has 2 aliphatic rings. The van der Waals surface area contributed by atoms with E-state index >= 15 is 0 Å². The molecule has 4 aromatic carbocycles. The molecule has 5 N–H and O–H groups in total. The zero-order valence-corrected chi connectivity index (χ0v) is 72.3. The van der Waals surface area contributed by atoms with E-state index in [1.54, 1.807) is 36.1 Å². The number of tetrazole rings is 1. The van der Waals surface area contributed by atoms with E-state index in [2.05, 4.69) is 127 Å². The minimum absolute atomic E-state index is 0.0225. The predicted octanol–water partition coefficient (Wildman–Crippen LogP) is 19.0. The van der Waals surface area contributed by atoms with Crippen molar-refractivity contribution < 1.29 is 28.4 Å². The molecule has 0 aliphatic heterocycles. The number of aryl methyl sites for hydroxylation is 2. The van der Waals surface area contributed by atoms with Gasteiger partial charge in [-0.3, -0.25) is 0 Å². The molecule has 2 aliphatic carbocycles. The second-order valence-corrected chi connectivity index (χ2v) is 37.0. The third kappa shape index (κ3) is 34.2. The SMILES string of the molecule is CC(C)Oc1cc(NC2CC2)nc(-c2ccccc2)n1.CC(C)Oc1cc(NC[Si](C)(C)C)nc(-c2ccccc2)n1.CC(C)Oc1nc(Cl)cc(NC2CCCC2)n1.CC(C)Oc1nccc(Nc2ccccc2)n1.CSc1nc(OC(C)C)cc(Sc2nnnn2C)n1.Cc1ccc(Nc2nc(Cl)nc(OC(C)C)n2)cc1. The van der Waals surface area contributed by atoms with Crippen molar-refractivity contribution in [2.24, 2.45) is 7.05 Å². The second kappa shape index (κ2) is 45.5. The van der Waals surface area contributed by atoms with E-state index in [-0.39, 0.29) is 47.9 Å². The minimum Gasteiger partial charge on any atom is -0.475 e. The highest BCUT2D eigenvalue weighted by atomic mass is 35.5. The molecule has 13 rings (SSSR count). The van der Waals surface area contributed by atoms with Crippen LogP contribution >= 0.6 is 46.7 Å². The largest absolute Gasteiger partial charge is 0.475 e. The summed E-state index contributed by atoms with van der Waals surface area (Å²) in [6.45, 7) is 32.5. The highest BCUT2D eigenvalue weighted by Gasteiger charge is 2.23. The third-order valence-corrected chi connectivity index (χ3v) is 18.0. The van der Waals surface area contributed by atoms with Gasteiger partial charge >= 0.3 is 18.0 Å². The highest BCUT2D eigenvalue weighted by Crippen LogP contribution is 2.31. The van der Waals surface area contributed by atoms with Gasteiger partial charge in [0, 0.05) is 78.3 Å². The minimum atomic E-state index is -1.20. The normalized spacial score (nSPS) is 12.3. The molecule has 11 aromatic rings. The molecule has 33 heteroatoms. The van der Waals surface area contributed by atoms with E-state index in [1.165, 1.54) is 67.6 Å². The van der Waals surface area contributed by atoms with Crippen LogP contribution in [0.25, 0.3) is 22.8 Å². The fourth-order valence-electron chi connectivity index (χ4n) is 9.85. The standard InChI is InChI=1S/C17H25N3OSi.C16H19N3O.C13H15ClN4O.C13H15N3O.C12H18ClN3O.C10H14N6OS2/c1-13(2)21-16-11-15(18-12-22(3,4)5)19-17(20-16)14-9-7-6-8-10-14;1-11(2)20-15-10-14(17-13-8-9-13)18-16(19-15)12-6-4-3-5-7-12;1-8(2)19-13-17-11(14)16-12(18-13)15-10-6-4-9(3)5-7-10;1-10(2)17-13-14-9-8-12(16-13)15-11-6-4-3-5-7-11;1-8(2)17-12-15-10(13)7-11(16-12)14-9-5-3-4-6-9;1-6(2)17-7-5-8(12-9(11-7)18-4)19-10-13-14-15-16(10)3/h6-11,13H,12H2,1-5H3,(H,18,19,20);3-7,10-11,13H,8-9H2,1-2H3,(H,17,18,19);4-8H,1-3H3,(H,15,16,17,18);3-10H,1-2H3,(H,14,15,16);7-9H,3-6H2,1-2H3,(H,14,15,16);5-6H,1-4H3. The van der Waals surface area contributed by atoms with Crippen LogP contribution in [0, 0.1) is 6.92 Å². The van der Waals surface area contributed by atoms with Gasteiger partial charge in [0.25, 0.3) is 0 Å². The smallest absolute Gasteiger partial charge is 0.322 e. The van der Waals surface area contributed by atoms with Crippen LogP contribution in [0.4, 0.5) is 40.6 Å². The van der Waals surface area contributed by atoms with Crippen molar-refractivity contribution in [1.82, 2.24) is 85.0 Å². The number of hydrogen-bond donors (Lipinski definition) is 5. The lowest BCUT2D eigenvalue weighted by Crippen LogP contribution is -2.31. The van der Waals surface area contributed by atoms with Gasteiger partial charge in [0.1, 0.15) is 33.5 Å². The Morgan fingerprint density at radius 2 is 0.974 bits per heavy atom. The second-order valence-electron chi connectivity index (χ2n) is 29.0. The molecule has 0 spiro atoms. The average molecular weight is 1650 g/mol. The van der Waals surface area contributed by atoms with E-state index in [1.807, 2.05) is 224 Å². The maximum Gasteiger partial charge on any atom is 0.322 e. The first-order chi connectivity index (χ1) is 54.5. The lowest BCUT2D eigenvalue weighted by Gasteiger charge is -2.18. The summed E-state index contributed by atoms with van der Waals surface area (Å²) < 4.78 is 35.0. The molecule has 0 radical (unpaired) electrons. The van der Waals surface area contributed by atoms with Crippen molar-refractivity contribution in [1.29, 1.82) is 0 Å². The number of thioether (sulfide) groups is 1. The summed E-state index contributed by atoms with van der Waals surface area (Å²) in [6, 6.07) is 48.8. The first kappa shape index (κ1) is 89.2. The van der Waals surface area contributed by atoms with Gasteiger partial charge < -0.3 is 55.0 Å². The average Bonchev–Trinajstić information content (AvgIpc) is 1.17. The summed E-state index contributed by atoms with van der Waals surface area (Å²) in [5, 5.41) is 30.4. The number of aromatic nitrogens is 17. The molecule has 7 aromatic heterocycles. The fraction of sp³-hybridized carbons (Fsp3) is 0.407. The van der Waals surface area contributed by atoms with Gasteiger partial charge in [0.2, 0.25) is 34.0 Å². The lowest BCUT2D eigenvalue weighted by atomic mass is 10.2. The van der Waals surface area contributed by atoms with Gasteiger partial charge in [0.05, 0.1) is 44.7 Å². The molecule has 0 atom stereocenters. The number of rotatable bonds is 28. The Morgan fingerprint density at radius 3 is 1.50 bits per heavy atom. The van der Waals surface area contributed by atoms with Crippen molar-refractivity contribution in [2.75, 3.05) is 39.0 Å². The van der Waals surface area contributed by atoms with Crippen LogP contribution in [0.15, 0.2) is 167 Å². The van der Waals surface area contributed by atoms with Crippen molar-refractivity contribution in [3.05, 3.63) is 168 Å². The van der Waals surface area contributed by atoms with Gasteiger partial charge in [-0.05, 0) is 186 Å². The van der Waals surface area contributed by atoms with Crippen molar-refractivity contribution in [3.63, 3.8) is 0 Å². The quantitative estimate of drug-likeness (QED) is 0.0132. The Labute approximate surface area is 689 Å². The summed E-state index contributed by atoms with van der Waals surface area (Å²) in [5.74, 6) is 6.70. The summed E-state index contributed by atoms with van der Waals surface area (Å²) in [4.78, 5) is 55.7. The molecule has 0 unspecified atom stereocenters. The number of ether oxygens (including phenoxy) is 6. The summed E-state index contributed by atoms with van der Waals surface area (Å²) >= 11 is 14.6. The van der Waals surface area contributed by atoms with Crippen molar-refractivity contribution >= 4 is 95.4 Å². The summed E-state index contributed by atoms with van der Waals surface area (Å²) in [5.41, 5.74) is 5.04. The monoisotopic (exact) mass is 1640 g/mol. The number of benzene rings is 4. The van der Waals surface area contributed by atoms with E-state index in [4.69, 9.17) is 51.6 Å². The molecule has 28 nitrogen and oxygen atoms in total. The molecule has 0 bridgehead atoms. The molecule has 0 amide bonds. The first-order valence-electron chi connectivity index (χ1n) is 38.0. The van der Waals surface area contributed by atoms with Gasteiger partial charge in [0.15, 0.2) is 16.8 Å². The van der Waals surface area contributed by atoms with E-state index in [0.717, 1.165) is 57.0 Å². The third-order valence-electron chi connectivity index (χ3n) is 14.9. The highest BCUT2D eigenvalue weighted by molar-refractivity contribution is 7.99. The van der Waals surface area contributed by atoms with Gasteiger partial charge in [-0.2, -0.15) is 44.9 Å². The number of para-hydroxylation sites is 1. The van der Waals surface area contributed by atoms with E-state index < -0.39 is 8.07 Å². The Morgan fingerprint density at radius 1 is 0.482 bits per heavy atom. The van der Waals surface area contributed by atoms with Crippen LogP contribution in [0.3, 0.4) is 0 Å². The maximum absolute atomic E-state index is 5.95. The zero-order chi connectivity index (χ0) is 82.1. The Hall–Kier alpha value is -10.3. The molecule has 606 valence electrons. The van der Waals surface area contributed by atoms with Gasteiger partial charge in [-0.15, -0.1) is 5.10 Å². The van der Waals surface area contributed by atoms with Crippen molar-refractivity contribution in [3.8, 4) is 58.4 Å². The molecule has 7 heterocycles. The van der Waals surface area contributed by atoms with Gasteiger partial charge in [-0.1, -0.05) is 152 Å². The Kier molecular flexibility index (Phi) is 35.6. The van der Waals surface area contributed by atoms with Crippen LogP contribution in [0.5, 0.6) is 35.7 Å². The van der Waals surface area contributed by atoms with Crippen LogP contribution in [0.2, 0.25) is 30.1 Å². The molecule has 2 saturated carbocycles. The zero-order valence-electron chi connectivity index (χ0n) is 68.1. The van der Waals surface area contributed by atoms with E-state index in [9.17, 15) is 0 Å². The number of halogens is 2. The fourth-order valence-corrected chi connectivity index (χ4v) is 12.0. The first-order valence-corrected chi connectivity index (χ1v) is 44.5. The molecular formula is C81H106Cl2N22O6S2Si. The van der Waals surface area contributed by atoms with Gasteiger partial charge in [-0.25, -0.2) is 24.6 Å². The number of nitrogens with one attached hydrogen (secondary N) is 5. The maximum atomic E-state index is 5.95. The number of hydrogen-bond acceptors (Lipinski definition) is 29. The Balaban J connectivity index is 0.000000172. The van der Waals surface area contributed by atoms with E-state index in [0.29, 0.717) is 74.8 Å². The summed E-state index contributed by atoms with van der Waals surface area (Å²) in [7, 11) is 0.584. The van der Waals surface area contributed by atoms with Crippen molar-refractivity contribution in [2.45, 2.75) is 212 Å². The van der Waals surface area contributed by atoms with Crippen LogP contribution in [0.1, 0.15) is 127 Å². The molecular weight excluding hydrogens is 1540 g/mol. The number of nitrogens with zero attached hydrogens (tertiary/aromatic N) is 17. The molecule has 114 heavy (non-hydrogen) atoms. The lowest BCUT2D eigenvalue weighted by molar-refractivity contribution is 0.221. The summed E-state index contributed by atoms with van der Waals surface area (Å²) in [6.07, 6.45) is 12.3.